The van der Waals surface area contributed by atoms with E-state index in [9.17, 15) is 0 Å². The Kier molecular flexibility index (Phi) is 11.5. The van der Waals surface area contributed by atoms with Gasteiger partial charge in [0.15, 0.2) is 0 Å². The highest BCUT2D eigenvalue weighted by Crippen LogP contribution is 2.42. The smallest absolute Gasteiger partial charge is 0.0540 e. The number of nitrogens with zero attached hydrogens (tertiary/aromatic N) is 1. The van der Waals surface area contributed by atoms with E-state index >= 15 is 0 Å². The lowest BCUT2D eigenvalue weighted by molar-refractivity contribution is 1.28. The summed E-state index contributed by atoms with van der Waals surface area (Å²) in [5.41, 5.74) is 15.3. The summed E-state index contributed by atoms with van der Waals surface area (Å²) in [6.45, 7) is 5.25. The quantitative estimate of drug-likeness (QED) is 0.109. The maximum Gasteiger partial charge on any atom is 0.0540 e. The lowest BCUT2D eigenvalue weighted by atomic mass is 9.96. The monoisotopic (exact) mass is 867 g/mol. The molecule has 0 fully saturated rings. The lowest BCUT2D eigenvalue weighted by Gasteiger charge is -2.28. The van der Waals surface area contributed by atoms with Crippen molar-refractivity contribution in [2.45, 2.75) is 6.92 Å². The van der Waals surface area contributed by atoms with Crippen LogP contribution in [0.4, 0.5) is 17.1 Å². The second-order valence-electron chi connectivity index (χ2n) is 17.3. The normalized spacial score (nSPS) is 11.1. The summed E-state index contributed by atoms with van der Waals surface area (Å²) in [7, 11) is 0. The molecule has 0 bridgehead atoms. The van der Waals surface area contributed by atoms with Crippen LogP contribution in [0, 0.1) is 0 Å². The zero-order valence-electron chi connectivity index (χ0n) is 38.1. The third-order valence-corrected chi connectivity index (χ3v) is 13.1. The number of para-hydroxylation sites is 1. The van der Waals surface area contributed by atoms with E-state index in [0.29, 0.717) is 0 Å². The van der Waals surface area contributed by atoms with Gasteiger partial charge in [-0.2, -0.15) is 0 Å². The fraction of sp³-hybridized carbons (Fsp3) is 0.0149. The van der Waals surface area contributed by atoms with E-state index in [1.165, 1.54) is 98.7 Å². The van der Waals surface area contributed by atoms with Crippen molar-refractivity contribution in [2.75, 3.05) is 4.90 Å². The number of rotatable bonds is 8. The van der Waals surface area contributed by atoms with E-state index in [4.69, 9.17) is 0 Å². The van der Waals surface area contributed by atoms with Crippen LogP contribution in [0.1, 0.15) is 6.92 Å². The summed E-state index contributed by atoms with van der Waals surface area (Å²) in [5.74, 6) is 0. The summed E-state index contributed by atoms with van der Waals surface area (Å²) in [6.07, 6.45) is 1.75. The Bertz CT molecular complexity index is 3510. The van der Waals surface area contributed by atoms with Crippen LogP contribution in [0.5, 0.6) is 0 Å². The highest BCUT2D eigenvalue weighted by molar-refractivity contribution is 6.09. The topological polar surface area (TPSA) is 3.24 Å². The molecule has 1 heteroatoms. The standard InChI is InChI=1S/C64H43N.C3H6/c1-2-10-50(11-3-1)63-16-8-9-17-64(63)65(57-36-30-46(31-37-57)44-18-22-48(23-19-44)53-34-40-61-55(42-53)28-26-51-12-4-6-14-59(51)61)58-38-32-47(33-39-58)45-20-24-49(25-21-45)54-35-41-62-56(43-54)29-27-52-13-5-7-15-60(52)62;1-3-2/h1-43H;3H,1H2,2H3. The Morgan fingerprint density at radius 2 is 0.603 bits per heavy atom. The molecule has 12 rings (SSSR count). The maximum absolute atomic E-state index is 3.36. The molecule has 0 amide bonds. The van der Waals surface area contributed by atoms with E-state index < -0.39 is 0 Å². The van der Waals surface area contributed by atoms with Crippen molar-refractivity contribution in [3.8, 4) is 55.6 Å². The van der Waals surface area contributed by atoms with Crippen molar-refractivity contribution in [3.63, 3.8) is 0 Å². The van der Waals surface area contributed by atoms with E-state index in [2.05, 4.69) is 272 Å². The molecule has 0 unspecified atom stereocenters. The minimum Gasteiger partial charge on any atom is -0.310 e. The minimum absolute atomic E-state index is 1.10. The van der Waals surface area contributed by atoms with Gasteiger partial charge in [0.2, 0.25) is 0 Å². The second kappa shape index (κ2) is 18.6. The molecule has 0 heterocycles. The molecular formula is C67H49N. The largest absolute Gasteiger partial charge is 0.310 e. The molecule has 0 saturated carbocycles. The van der Waals surface area contributed by atoms with E-state index in [-0.39, 0.29) is 0 Å². The van der Waals surface area contributed by atoms with Crippen molar-refractivity contribution in [3.05, 3.63) is 274 Å². The Balaban J connectivity index is 0.00000165. The highest BCUT2D eigenvalue weighted by Gasteiger charge is 2.18. The Hall–Kier alpha value is -8.78. The van der Waals surface area contributed by atoms with Gasteiger partial charge in [0.1, 0.15) is 0 Å². The third-order valence-electron chi connectivity index (χ3n) is 13.1. The molecule has 0 atom stereocenters. The summed E-state index contributed by atoms with van der Waals surface area (Å²) in [5, 5.41) is 10.2. The Labute approximate surface area is 399 Å². The number of fused-ring (bicyclic) bond motifs is 6. The molecular weight excluding hydrogens is 819 g/mol. The van der Waals surface area contributed by atoms with E-state index in [1.807, 2.05) is 6.92 Å². The first kappa shape index (κ1) is 41.9. The molecule has 12 aromatic rings. The van der Waals surface area contributed by atoms with Gasteiger partial charge in [0.25, 0.3) is 0 Å². The first-order valence-corrected chi connectivity index (χ1v) is 23.4. The van der Waals surface area contributed by atoms with Crippen LogP contribution >= 0.6 is 0 Å². The maximum atomic E-state index is 3.36. The molecule has 0 saturated heterocycles. The number of anilines is 3. The molecule has 0 aromatic heterocycles. The summed E-state index contributed by atoms with van der Waals surface area (Å²) in [6, 6.07) is 95.1. The van der Waals surface area contributed by atoms with E-state index in [0.717, 1.165) is 17.1 Å². The SMILES string of the molecule is C=CC.c1ccc(-c2ccccc2N(c2ccc(-c3ccc(-c4ccc5c(ccc6ccccc65)c4)cc3)cc2)c2ccc(-c3ccc(-c4ccc5c(ccc6ccccc65)c4)cc3)cc2)cc1. The summed E-state index contributed by atoms with van der Waals surface area (Å²) in [4.78, 5) is 2.38. The molecule has 0 aliphatic rings. The molecule has 12 aromatic carbocycles. The van der Waals surface area contributed by atoms with Gasteiger partial charge in [0.05, 0.1) is 5.69 Å². The predicted octanol–water partition coefficient (Wildman–Crippen LogP) is 19.3. The van der Waals surface area contributed by atoms with Gasteiger partial charge in [-0.3, -0.25) is 0 Å². The molecule has 322 valence electrons. The van der Waals surface area contributed by atoms with Crippen LogP contribution in [-0.4, -0.2) is 0 Å². The average molecular weight is 868 g/mol. The molecule has 0 radical (unpaired) electrons. The number of benzene rings is 12. The first-order valence-electron chi connectivity index (χ1n) is 23.4. The minimum atomic E-state index is 1.10. The number of allylic oxidation sites excluding steroid dienone is 1. The fourth-order valence-electron chi connectivity index (χ4n) is 9.66. The van der Waals surface area contributed by atoms with Gasteiger partial charge in [0, 0.05) is 16.9 Å². The van der Waals surface area contributed by atoms with Crippen LogP contribution in [-0.2, 0) is 0 Å². The zero-order valence-corrected chi connectivity index (χ0v) is 38.1. The van der Waals surface area contributed by atoms with Gasteiger partial charge < -0.3 is 4.90 Å². The van der Waals surface area contributed by atoms with Gasteiger partial charge in [-0.15, -0.1) is 6.58 Å². The Morgan fingerprint density at radius 3 is 1.06 bits per heavy atom. The molecule has 0 N–H and O–H groups in total. The van der Waals surface area contributed by atoms with Crippen LogP contribution in [0.25, 0.3) is 98.7 Å². The molecule has 68 heavy (non-hydrogen) atoms. The van der Waals surface area contributed by atoms with Crippen molar-refractivity contribution in [1.29, 1.82) is 0 Å². The van der Waals surface area contributed by atoms with Gasteiger partial charge in [-0.05, 0) is 143 Å². The third kappa shape index (κ3) is 8.23. The molecule has 0 spiro atoms. The summed E-state index contributed by atoms with van der Waals surface area (Å²) < 4.78 is 0. The predicted molar refractivity (Wildman–Crippen MR) is 294 cm³/mol. The molecule has 0 aliphatic carbocycles. The van der Waals surface area contributed by atoms with Gasteiger partial charge in [-0.1, -0.05) is 224 Å². The van der Waals surface area contributed by atoms with Crippen molar-refractivity contribution in [1.82, 2.24) is 0 Å². The number of hydrogen-bond donors (Lipinski definition) is 0. The Morgan fingerprint density at radius 1 is 0.279 bits per heavy atom. The van der Waals surface area contributed by atoms with Crippen LogP contribution in [0.2, 0.25) is 0 Å². The van der Waals surface area contributed by atoms with Crippen LogP contribution < -0.4 is 4.90 Å². The highest BCUT2D eigenvalue weighted by atomic mass is 15.1. The average Bonchev–Trinajstić information content (AvgIpc) is 3.41. The summed E-state index contributed by atoms with van der Waals surface area (Å²) >= 11 is 0. The van der Waals surface area contributed by atoms with Crippen molar-refractivity contribution >= 4 is 60.2 Å². The molecule has 1 nitrogen and oxygen atoms in total. The van der Waals surface area contributed by atoms with Gasteiger partial charge in [-0.25, -0.2) is 0 Å². The van der Waals surface area contributed by atoms with Crippen molar-refractivity contribution < 1.29 is 0 Å². The zero-order chi connectivity index (χ0) is 45.8. The number of hydrogen-bond acceptors (Lipinski definition) is 1. The van der Waals surface area contributed by atoms with Gasteiger partial charge >= 0.3 is 0 Å². The van der Waals surface area contributed by atoms with Crippen molar-refractivity contribution in [2.24, 2.45) is 0 Å². The second-order valence-corrected chi connectivity index (χ2v) is 17.3. The lowest BCUT2D eigenvalue weighted by Crippen LogP contribution is -2.11. The fourth-order valence-corrected chi connectivity index (χ4v) is 9.66. The first-order chi connectivity index (χ1) is 33.6. The van der Waals surface area contributed by atoms with Crippen LogP contribution in [0.3, 0.4) is 0 Å². The molecule has 0 aliphatic heterocycles. The van der Waals surface area contributed by atoms with Crippen LogP contribution in [0.15, 0.2) is 274 Å². The van der Waals surface area contributed by atoms with E-state index in [1.54, 1.807) is 6.08 Å².